The van der Waals surface area contributed by atoms with Gasteiger partial charge in [-0.1, -0.05) is 33.6 Å². The summed E-state index contributed by atoms with van der Waals surface area (Å²) in [6.07, 6.45) is -13.8. The van der Waals surface area contributed by atoms with E-state index in [0.717, 1.165) is 0 Å². The topological polar surface area (TPSA) is 46.5 Å². The Morgan fingerprint density at radius 2 is 1.42 bits per heavy atom. The minimum atomic E-state index is -6.01. The van der Waals surface area contributed by atoms with E-state index in [9.17, 15) is 36.2 Å². The Labute approximate surface area is 136 Å². The van der Waals surface area contributed by atoms with Crippen LogP contribution in [0.2, 0.25) is 0 Å². The smallest absolute Gasteiger partial charge is 0.430 e. The molecule has 0 saturated heterocycles. The molecule has 0 spiro atoms. The molecular formula is C15H22F6O3. The van der Waals surface area contributed by atoms with Gasteiger partial charge in [-0.3, -0.25) is 4.79 Å². The largest absolute Gasteiger partial charge is 0.458 e. The SMILES string of the molecule is CC(C)C(C)C(=O)OC(C1CCCC1)C(O)(C(F)(F)F)C(F)(F)F. The van der Waals surface area contributed by atoms with Gasteiger partial charge in [0, 0.05) is 0 Å². The van der Waals surface area contributed by atoms with E-state index in [4.69, 9.17) is 0 Å². The Hall–Kier alpha value is -0.990. The van der Waals surface area contributed by atoms with Gasteiger partial charge in [0.2, 0.25) is 0 Å². The van der Waals surface area contributed by atoms with E-state index in [1.807, 2.05) is 0 Å². The average molecular weight is 364 g/mol. The molecule has 0 aliphatic heterocycles. The summed E-state index contributed by atoms with van der Waals surface area (Å²) in [6, 6.07) is 0. The second kappa shape index (κ2) is 7.09. The van der Waals surface area contributed by atoms with Gasteiger partial charge in [0.25, 0.3) is 5.60 Å². The number of ether oxygens (including phenoxy) is 1. The van der Waals surface area contributed by atoms with Crippen molar-refractivity contribution in [3.63, 3.8) is 0 Å². The summed E-state index contributed by atoms with van der Waals surface area (Å²) >= 11 is 0. The van der Waals surface area contributed by atoms with E-state index >= 15 is 0 Å². The standard InChI is InChI=1S/C15H22F6O3/c1-8(2)9(3)12(22)24-11(10-6-4-5-7-10)13(23,14(16,17)18)15(19,20)21/h8-11,23H,4-7H2,1-3H3. The molecule has 24 heavy (non-hydrogen) atoms. The fourth-order valence-electron chi connectivity index (χ4n) is 2.77. The van der Waals surface area contributed by atoms with Gasteiger partial charge in [-0.15, -0.1) is 0 Å². The van der Waals surface area contributed by atoms with Crippen LogP contribution in [0.15, 0.2) is 0 Å². The number of halogens is 6. The Morgan fingerprint density at radius 1 is 1.00 bits per heavy atom. The highest BCUT2D eigenvalue weighted by atomic mass is 19.4. The predicted octanol–water partition coefficient (Wildman–Crippen LogP) is 4.24. The average Bonchev–Trinajstić information content (AvgIpc) is 2.93. The van der Waals surface area contributed by atoms with Crippen LogP contribution in [0.5, 0.6) is 0 Å². The van der Waals surface area contributed by atoms with Crippen molar-refractivity contribution >= 4 is 5.97 Å². The molecule has 1 fully saturated rings. The fraction of sp³-hybridized carbons (Fsp3) is 0.933. The number of hydrogen-bond acceptors (Lipinski definition) is 3. The molecule has 0 bridgehead atoms. The van der Waals surface area contributed by atoms with Crippen LogP contribution in [0.1, 0.15) is 46.5 Å². The van der Waals surface area contributed by atoms with E-state index in [1.54, 1.807) is 13.8 Å². The van der Waals surface area contributed by atoms with Crippen molar-refractivity contribution < 1.29 is 41.0 Å². The fourth-order valence-corrected chi connectivity index (χ4v) is 2.77. The monoisotopic (exact) mass is 364 g/mol. The first-order valence-electron chi connectivity index (χ1n) is 7.79. The molecule has 0 amide bonds. The first kappa shape index (κ1) is 21.1. The Morgan fingerprint density at radius 3 is 1.75 bits per heavy atom. The number of alkyl halides is 6. The van der Waals surface area contributed by atoms with Crippen LogP contribution in [0.3, 0.4) is 0 Å². The molecule has 1 aliphatic carbocycles. The molecule has 0 aromatic rings. The molecule has 1 N–H and O–H groups in total. The van der Waals surface area contributed by atoms with E-state index < -0.39 is 41.9 Å². The third kappa shape index (κ3) is 3.97. The van der Waals surface area contributed by atoms with Gasteiger partial charge in [0.05, 0.1) is 5.92 Å². The van der Waals surface area contributed by atoms with Crippen molar-refractivity contribution in [2.45, 2.75) is 70.5 Å². The van der Waals surface area contributed by atoms with Crippen LogP contribution >= 0.6 is 0 Å². The van der Waals surface area contributed by atoms with Crippen LogP contribution < -0.4 is 0 Å². The third-order valence-electron chi connectivity index (χ3n) is 4.72. The predicted molar refractivity (Wildman–Crippen MR) is 72.9 cm³/mol. The van der Waals surface area contributed by atoms with Gasteiger partial charge in [-0.25, -0.2) is 0 Å². The summed E-state index contributed by atoms with van der Waals surface area (Å²) in [5.74, 6) is -3.58. The van der Waals surface area contributed by atoms with Crippen LogP contribution in [-0.2, 0) is 9.53 Å². The molecular weight excluding hydrogens is 342 g/mol. The van der Waals surface area contributed by atoms with Crippen molar-refractivity contribution in [2.24, 2.45) is 17.8 Å². The van der Waals surface area contributed by atoms with E-state index in [2.05, 4.69) is 4.74 Å². The lowest BCUT2D eigenvalue weighted by Gasteiger charge is -2.41. The highest BCUT2D eigenvalue weighted by molar-refractivity contribution is 5.72. The second-order valence-corrected chi connectivity index (χ2v) is 6.70. The first-order chi connectivity index (χ1) is 10.7. The second-order valence-electron chi connectivity index (χ2n) is 6.70. The summed E-state index contributed by atoms with van der Waals surface area (Å²) in [5, 5.41) is 9.65. The zero-order valence-electron chi connectivity index (χ0n) is 13.7. The van der Waals surface area contributed by atoms with Gasteiger partial charge in [0.15, 0.2) is 6.10 Å². The van der Waals surface area contributed by atoms with E-state index in [0.29, 0.717) is 12.8 Å². The minimum absolute atomic E-state index is 0.0302. The summed E-state index contributed by atoms with van der Waals surface area (Å²) in [5.41, 5.74) is -5.08. The molecule has 0 aromatic carbocycles. The van der Waals surface area contributed by atoms with Crippen LogP contribution in [0.4, 0.5) is 26.3 Å². The number of rotatable bonds is 5. The van der Waals surface area contributed by atoms with Crippen molar-refractivity contribution in [1.29, 1.82) is 0 Å². The molecule has 2 atom stereocenters. The number of esters is 1. The van der Waals surface area contributed by atoms with Gasteiger partial charge in [-0.05, 0) is 24.7 Å². The first-order valence-corrected chi connectivity index (χ1v) is 7.79. The van der Waals surface area contributed by atoms with Crippen molar-refractivity contribution in [3.05, 3.63) is 0 Å². The van der Waals surface area contributed by atoms with Gasteiger partial charge >= 0.3 is 18.3 Å². The van der Waals surface area contributed by atoms with Crippen molar-refractivity contribution in [3.8, 4) is 0 Å². The van der Waals surface area contributed by atoms with Crippen molar-refractivity contribution in [1.82, 2.24) is 0 Å². The molecule has 3 nitrogen and oxygen atoms in total. The molecule has 1 aliphatic rings. The third-order valence-corrected chi connectivity index (χ3v) is 4.72. The Bertz CT molecular complexity index is 423. The molecule has 0 aromatic heterocycles. The normalized spacial score (nSPS) is 20.3. The van der Waals surface area contributed by atoms with Crippen molar-refractivity contribution in [2.75, 3.05) is 0 Å². The lowest BCUT2D eigenvalue weighted by Crippen LogP contribution is -2.67. The Balaban J connectivity index is 3.27. The maximum Gasteiger partial charge on any atom is 0.430 e. The molecule has 0 radical (unpaired) electrons. The van der Waals surface area contributed by atoms with E-state index in [-0.39, 0.29) is 18.8 Å². The zero-order valence-corrected chi connectivity index (χ0v) is 13.7. The molecule has 1 saturated carbocycles. The van der Waals surface area contributed by atoms with Crippen LogP contribution in [0.25, 0.3) is 0 Å². The number of carbonyl (C=O) groups is 1. The van der Waals surface area contributed by atoms with Gasteiger partial charge < -0.3 is 9.84 Å². The zero-order chi connectivity index (χ0) is 18.9. The molecule has 1 rings (SSSR count). The summed E-state index contributed by atoms with van der Waals surface area (Å²) in [6.45, 7) is 4.55. The molecule has 0 heterocycles. The number of hydrogen-bond donors (Lipinski definition) is 1. The minimum Gasteiger partial charge on any atom is -0.458 e. The summed E-state index contributed by atoms with van der Waals surface area (Å²) < 4.78 is 83.6. The van der Waals surface area contributed by atoms with Gasteiger partial charge in [0.1, 0.15) is 0 Å². The Kier molecular flexibility index (Phi) is 6.22. The van der Waals surface area contributed by atoms with Crippen LogP contribution in [-0.4, -0.2) is 35.1 Å². The number of carbonyl (C=O) groups excluding carboxylic acids is 1. The lowest BCUT2D eigenvalue weighted by molar-refractivity contribution is -0.396. The highest BCUT2D eigenvalue weighted by Gasteiger charge is 2.76. The highest BCUT2D eigenvalue weighted by Crippen LogP contribution is 2.50. The maximum absolute atomic E-state index is 13.2. The molecule has 9 heteroatoms. The van der Waals surface area contributed by atoms with E-state index in [1.165, 1.54) is 6.92 Å². The van der Waals surface area contributed by atoms with Gasteiger partial charge in [-0.2, -0.15) is 26.3 Å². The lowest BCUT2D eigenvalue weighted by atomic mass is 9.84. The quantitative estimate of drug-likeness (QED) is 0.586. The van der Waals surface area contributed by atoms with Crippen LogP contribution in [0, 0.1) is 17.8 Å². The summed E-state index contributed by atoms with van der Waals surface area (Å²) in [4.78, 5) is 12.0. The number of aliphatic hydroxyl groups is 1. The maximum atomic E-state index is 13.2. The molecule has 142 valence electrons. The summed E-state index contributed by atoms with van der Waals surface area (Å²) in [7, 11) is 0. The molecule has 2 unspecified atom stereocenters.